The Morgan fingerprint density at radius 2 is 2.00 bits per heavy atom. The van der Waals surface area contributed by atoms with Crippen molar-refractivity contribution in [2.45, 2.75) is 51.3 Å². The predicted octanol–water partition coefficient (Wildman–Crippen LogP) is 2.81. The smallest absolute Gasteiger partial charge is 0.0695 e. The highest BCUT2D eigenvalue weighted by Gasteiger charge is 2.29. The average Bonchev–Trinajstić information content (AvgIpc) is 2.76. The summed E-state index contributed by atoms with van der Waals surface area (Å²) < 4.78 is 0. The molecule has 0 aliphatic heterocycles. The Labute approximate surface area is 104 Å². The third-order valence-electron chi connectivity index (χ3n) is 3.65. The molecule has 0 aromatic heterocycles. The number of rotatable bonds is 5. The summed E-state index contributed by atoms with van der Waals surface area (Å²) in [5.74, 6) is 0. The van der Waals surface area contributed by atoms with Crippen molar-refractivity contribution in [2.24, 2.45) is 0 Å². The minimum atomic E-state index is -0.120. The van der Waals surface area contributed by atoms with E-state index < -0.39 is 0 Å². The number of aliphatic hydroxyl groups is 1. The minimum absolute atomic E-state index is 0.120. The molecule has 2 rings (SSSR count). The molecular weight excluding hydrogens is 210 g/mol. The highest BCUT2D eigenvalue weighted by molar-refractivity contribution is 5.14. The van der Waals surface area contributed by atoms with Gasteiger partial charge in [-0.15, -0.1) is 0 Å². The fourth-order valence-corrected chi connectivity index (χ4v) is 2.81. The summed E-state index contributed by atoms with van der Waals surface area (Å²) in [5.41, 5.74) is 1.35. The molecule has 0 bridgehead atoms. The molecule has 1 aromatic rings. The molecule has 1 aromatic carbocycles. The van der Waals surface area contributed by atoms with Crippen molar-refractivity contribution >= 4 is 0 Å². The highest BCUT2D eigenvalue weighted by Crippen LogP contribution is 2.25. The van der Waals surface area contributed by atoms with Crippen LogP contribution in [-0.2, 0) is 6.54 Å². The SMILES string of the molecule is CCCN(Cc1ccccc1)[C@@H]1CCC[C@H]1O. The van der Waals surface area contributed by atoms with Crippen molar-refractivity contribution in [1.82, 2.24) is 4.90 Å². The van der Waals surface area contributed by atoms with Gasteiger partial charge in [0.25, 0.3) is 0 Å². The van der Waals surface area contributed by atoms with E-state index in [1.165, 1.54) is 12.0 Å². The van der Waals surface area contributed by atoms with E-state index in [-0.39, 0.29) is 6.10 Å². The molecule has 1 fully saturated rings. The number of hydrogen-bond acceptors (Lipinski definition) is 2. The van der Waals surface area contributed by atoms with Crippen molar-refractivity contribution < 1.29 is 5.11 Å². The van der Waals surface area contributed by atoms with E-state index in [0.717, 1.165) is 32.4 Å². The van der Waals surface area contributed by atoms with Gasteiger partial charge in [0, 0.05) is 12.6 Å². The summed E-state index contributed by atoms with van der Waals surface area (Å²) in [7, 11) is 0. The van der Waals surface area contributed by atoms with E-state index in [1.54, 1.807) is 0 Å². The highest BCUT2D eigenvalue weighted by atomic mass is 16.3. The molecule has 17 heavy (non-hydrogen) atoms. The van der Waals surface area contributed by atoms with Gasteiger partial charge in [0.1, 0.15) is 0 Å². The second kappa shape index (κ2) is 6.18. The zero-order chi connectivity index (χ0) is 12.1. The number of nitrogens with zero attached hydrogens (tertiary/aromatic N) is 1. The minimum Gasteiger partial charge on any atom is -0.391 e. The standard InChI is InChI=1S/C15H23NO/c1-2-11-16(14-9-6-10-15(14)17)12-13-7-4-3-5-8-13/h3-5,7-8,14-15,17H,2,6,9-12H2,1H3/t14-,15-/m1/s1. The molecule has 1 aliphatic rings. The van der Waals surface area contributed by atoms with Crippen molar-refractivity contribution in [2.75, 3.05) is 6.54 Å². The molecule has 2 heteroatoms. The van der Waals surface area contributed by atoms with E-state index in [4.69, 9.17) is 0 Å². The Hall–Kier alpha value is -0.860. The second-order valence-electron chi connectivity index (χ2n) is 5.02. The lowest BCUT2D eigenvalue weighted by Gasteiger charge is -2.30. The van der Waals surface area contributed by atoms with Crippen LogP contribution >= 0.6 is 0 Å². The van der Waals surface area contributed by atoms with Gasteiger partial charge in [-0.05, 0) is 37.8 Å². The molecule has 0 spiro atoms. The van der Waals surface area contributed by atoms with Crippen LogP contribution in [0.15, 0.2) is 30.3 Å². The Bertz CT molecular complexity index is 325. The molecule has 94 valence electrons. The zero-order valence-electron chi connectivity index (χ0n) is 10.7. The predicted molar refractivity (Wildman–Crippen MR) is 70.8 cm³/mol. The Balaban J connectivity index is 2.02. The summed E-state index contributed by atoms with van der Waals surface area (Å²) in [6, 6.07) is 10.9. The third kappa shape index (κ3) is 3.30. The summed E-state index contributed by atoms with van der Waals surface area (Å²) in [5, 5.41) is 10.0. The van der Waals surface area contributed by atoms with Crippen LogP contribution in [0, 0.1) is 0 Å². The molecule has 0 unspecified atom stereocenters. The molecule has 0 amide bonds. The van der Waals surface area contributed by atoms with Gasteiger partial charge >= 0.3 is 0 Å². The molecule has 0 radical (unpaired) electrons. The molecular formula is C15H23NO. The maximum atomic E-state index is 10.0. The van der Waals surface area contributed by atoms with Crippen LogP contribution < -0.4 is 0 Å². The van der Waals surface area contributed by atoms with E-state index in [9.17, 15) is 5.11 Å². The lowest BCUT2D eigenvalue weighted by atomic mass is 10.1. The number of benzene rings is 1. The first kappa shape index (κ1) is 12.6. The third-order valence-corrected chi connectivity index (χ3v) is 3.65. The first-order valence-corrected chi connectivity index (χ1v) is 6.77. The molecule has 0 heterocycles. The molecule has 1 aliphatic carbocycles. The van der Waals surface area contributed by atoms with Gasteiger partial charge in [0.15, 0.2) is 0 Å². The van der Waals surface area contributed by atoms with Gasteiger partial charge in [0.2, 0.25) is 0 Å². The topological polar surface area (TPSA) is 23.5 Å². The lowest BCUT2D eigenvalue weighted by Crippen LogP contribution is -2.40. The fourth-order valence-electron chi connectivity index (χ4n) is 2.81. The lowest BCUT2D eigenvalue weighted by molar-refractivity contribution is 0.0659. The summed E-state index contributed by atoms with van der Waals surface area (Å²) in [6.45, 7) is 4.26. The van der Waals surface area contributed by atoms with Crippen molar-refractivity contribution in [1.29, 1.82) is 0 Å². The molecule has 1 saturated carbocycles. The van der Waals surface area contributed by atoms with E-state index in [0.29, 0.717) is 6.04 Å². The van der Waals surface area contributed by atoms with Gasteiger partial charge in [-0.1, -0.05) is 37.3 Å². The van der Waals surface area contributed by atoms with Gasteiger partial charge in [-0.3, -0.25) is 4.90 Å². The van der Waals surface area contributed by atoms with Crippen LogP contribution in [0.25, 0.3) is 0 Å². The average molecular weight is 233 g/mol. The second-order valence-corrected chi connectivity index (χ2v) is 5.02. The van der Waals surface area contributed by atoms with Gasteiger partial charge in [0.05, 0.1) is 6.10 Å². The maximum Gasteiger partial charge on any atom is 0.0695 e. The zero-order valence-corrected chi connectivity index (χ0v) is 10.7. The van der Waals surface area contributed by atoms with Crippen molar-refractivity contribution in [3.05, 3.63) is 35.9 Å². The van der Waals surface area contributed by atoms with Crippen LogP contribution in [0.5, 0.6) is 0 Å². The normalized spacial score (nSPS) is 24.4. The van der Waals surface area contributed by atoms with E-state index in [2.05, 4.69) is 42.2 Å². The van der Waals surface area contributed by atoms with Crippen LogP contribution in [0.3, 0.4) is 0 Å². The van der Waals surface area contributed by atoms with Crippen LogP contribution in [0.4, 0.5) is 0 Å². The quantitative estimate of drug-likeness (QED) is 0.845. The molecule has 1 N–H and O–H groups in total. The van der Waals surface area contributed by atoms with Gasteiger partial charge in [-0.25, -0.2) is 0 Å². The monoisotopic (exact) mass is 233 g/mol. The maximum absolute atomic E-state index is 10.0. The van der Waals surface area contributed by atoms with Gasteiger partial charge in [-0.2, -0.15) is 0 Å². The van der Waals surface area contributed by atoms with E-state index in [1.807, 2.05) is 0 Å². The van der Waals surface area contributed by atoms with Crippen LogP contribution in [-0.4, -0.2) is 28.7 Å². The number of aliphatic hydroxyl groups excluding tert-OH is 1. The Morgan fingerprint density at radius 3 is 2.59 bits per heavy atom. The first-order chi connectivity index (χ1) is 8.31. The summed E-state index contributed by atoms with van der Waals surface area (Å²) in [6.07, 6.45) is 4.31. The van der Waals surface area contributed by atoms with Crippen LogP contribution in [0.2, 0.25) is 0 Å². The molecule has 2 atom stereocenters. The van der Waals surface area contributed by atoms with Crippen molar-refractivity contribution in [3.63, 3.8) is 0 Å². The summed E-state index contributed by atoms with van der Waals surface area (Å²) in [4.78, 5) is 2.45. The summed E-state index contributed by atoms with van der Waals surface area (Å²) >= 11 is 0. The fraction of sp³-hybridized carbons (Fsp3) is 0.600. The molecule has 2 nitrogen and oxygen atoms in total. The Morgan fingerprint density at radius 1 is 1.24 bits per heavy atom. The largest absolute Gasteiger partial charge is 0.391 e. The molecule has 0 saturated heterocycles. The van der Waals surface area contributed by atoms with Gasteiger partial charge < -0.3 is 5.11 Å². The van der Waals surface area contributed by atoms with Crippen LogP contribution in [0.1, 0.15) is 38.2 Å². The number of hydrogen-bond donors (Lipinski definition) is 1. The first-order valence-electron chi connectivity index (χ1n) is 6.77. The Kier molecular flexibility index (Phi) is 4.57. The van der Waals surface area contributed by atoms with E-state index >= 15 is 0 Å². The van der Waals surface area contributed by atoms with Crippen molar-refractivity contribution in [3.8, 4) is 0 Å².